The predicted molar refractivity (Wildman–Crippen MR) is 76.1 cm³/mol. The van der Waals surface area contributed by atoms with Crippen LogP contribution in [0.5, 0.6) is 0 Å². The van der Waals surface area contributed by atoms with Gasteiger partial charge in [-0.2, -0.15) is 5.10 Å². The van der Waals surface area contributed by atoms with Crippen LogP contribution in [0.1, 0.15) is 50.3 Å². The summed E-state index contributed by atoms with van der Waals surface area (Å²) in [6.45, 7) is 6.85. The molecule has 0 bridgehead atoms. The van der Waals surface area contributed by atoms with Gasteiger partial charge >= 0.3 is 0 Å². The fraction of sp³-hybridized carbons (Fsp3) is 0.692. The largest absolute Gasteiger partial charge is 0.298 e. The highest BCUT2D eigenvalue weighted by Crippen LogP contribution is 2.32. The first kappa shape index (κ1) is 13.1. The van der Waals surface area contributed by atoms with Crippen molar-refractivity contribution in [2.45, 2.75) is 52.5 Å². The van der Waals surface area contributed by atoms with Crippen molar-refractivity contribution in [1.82, 2.24) is 9.78 Å². The zero-order valence-electron chi connectivity index (χ0n) is 10.7. The Hall–Kier alpha value is -0.390. The van der Waals surface area contributed by atoms with Gasteiger partial charge in [0.25, 0.3) is 0 Å². The minimum atomic E-state index is 0.324. The maximum absolute atomic E-state index is 11.8. The van der Waals surface area contributed by atoms with Gasteiger partial charge in [-0.05, 0) is 54.2 Å². The van der Waals surface area contributed by atoms with Crippen molar-refractivity contribution in [2.24, 2.45) is 5.92 Å². The number of carbonyl (C=O) groups is 1. The van der Waals surface area contributed by atoms with Crippen LogP contribution in [0.2, 0.25) is 0 Å². The number of halogens is 1. The fourth-order valence-electron chi connectivity index (χ4n) is 2.21. The van der Waals surface area contributed by atoms with Crippen LogP contribution in [0.25, 0.3) is 0 Å². The molecule has 1 aromatic rings. The van der Waals surface area contributed by atoms with Crippen molar-refractivity contribution < 1.29 is 4.79 Å². The second kappa shape index (κ2) is 5.08. The summed E-state index contributed by atoms with van der Waals surface area (Å²) in [5.41, 5.74) is 2.43. The van der Waals surface area contributed by atoms with Crippen molar-refractivity contribution >= 4 is 28.4 Å². The summed E-state index contributed by atoms with van der Waals surface area (Å²) in [4.78, 5) is 11.8. The molecule has 17 heavy (non-hydrogen) atoms. The van der Waals surface area contributed by atoms with Gasteiger partial charge in [-0.3, -0.25) is 9.48 Å². The van der Waals surface area contributed by atoms with Gasteiger partial charge in [0.05, 0.1) is 6.54 Å². The Bertz CT molecular complexity index is 433. The first-order valence-electron chi connectivity index (χ1n) is 6.23. The summed E-state index contributed by atoms with van der Waals surface area (Å²) in [5.74, 6) is 1.46. The van der Waals surface area contributed by atoms with Crippen molar-refractivity contribution in [1.29, 1.82) is 0 Å². The van der Waals surface area contributed by atoms with Crippen LogP contribution >= 0.6 is 22.6 Å². The molecule has 0 atom stereocenters. The summed E-state index contributed by atoms with van der Waals surface area (Å²) >= 11 is 2.26. The standard InChI is InChI=1S/C13H19IN2O/c1-8(2)12-9(3)16(15-13(12)14)7-11(17)6-10-4-5-10/h8,10H,4-7H2,1-3H3. The maximum Gasteiger partial charge on any atom is 0.154 e. The van der Waals surface area contributed by atoms with E-state index in [1.54, 1.807) is 0 Å². The van der Waals surface area contributed by atoms with Gasteiger partial charge in [0.1, 0.15) is 3.70 Å². The molecule has 94 valence electrons. The molecule has 1 saturated carbocycles. The minimum absolute atomic E-state index is 0.324. The lowest BCUT2D eigenvalue weighted by molar-refractivity contribution is -0.120. The minimum Gasteiger partial charge on any atom is -0.298 e. The van der Waals surface area contributed by atoms with E-state index in [1.165, 1.54) is 18.4 Å². The molecular weight excluding hydrogens is 327 g/mol. The molecule has 1 aliphatic carbocycles. The Kier molecular flexibility index (Phi) is 3.90. The number of hydrogen-bond acceptors (Lipinski definition) is 2. The zero-order valence-corrected chi connectivity index (χ0v) is 12.8. The van der Waals surface area contributed by atoms with Crippen LogP contribution in [0.4, 0.5) is 0 Å². The predicted octanol–water partition coefficient (Wildman–Crippen LogP) is 3.29. The summed E-state index contributed by atoms with van der Waals surface area (Å²) in [6, 6.07) is 0. The molecule has 4 heteroatoms. The quantitative estimate of drug-likeness (QED) is 0.767. The molecule has 1 fully saturated rings. The van der Waals surface area contributed by atoms with Crippen molar-refractivity contribution in [3.63, 3.8) is 0 Å². The lowest BCUT2D eigenvalue weighted by Gasteiger charge is -2.06. The number of nitrogens with zero attached hydrogens (tertiary/aromatic N) is 2. The lowest BCUT2D eigenvalue weighted by atomic mass is 10.1. The van der Waals surface area contributed by atoms with Crippen LogP contribution in [0.3, 0.4) is 0 Å². The van der Waals surface area contributed by atoms with E-state index in [4.69, 9.17) is 0 Å². The van der Waals surface area contributed by atoms with E-state index < -0.39 is 0 Å². The number of rotatable bonds is 5. The third-order valence-corrected chi connectivity index (χ3v) is 4.12. The Morgan fingerprint density at radius 3 is 2.65 bits per heavy atom. The third-order valence-electron chi connectivity index (χ3n) is 3.32. The second-order valence-corrected chi connectivity index (χ2v) is 6.31. The van der Waals surface area contributed by atoms with E-state index in [0.29, 0.717) is 24.2 Å². The lowest BCUT2D eigenvalue weighted by Crippen LogP contribution is -2.13. The number of hydrogen-bond donors (Lipinski definition) is 0. The molecule has 1 aromatic heterocycles. The number of aromatic nitrogens is 2. The fourth-order valence-corrected chi connectivity index (χ4v) is 3.48. The highest BCUT2D eigenvalue weighted by molar-refractivity contribution is 14.1. The molecule has 0 N–H and O–H groups in total. The van der Waals surface area contributed by atoms with Gasteiger partial charge < -0.3 is 0 Å². The number of ketones is 1. The van der Waals surface area contributed by atoms with Gasteiger partial charge in [0, 0.05) is 17.7 Å². The van der Waals surface area contributed by atoms with E-state index in [2.05, 4.69) is 48.5 Å². The maximum atomic E-state index is 11.8. The van der Waals surface area contributed by atoms with E-state index in [1.807, 2.05) is 4.68 Å². The molecular formula is C13H19IN2O. The van der Waals surface area contributed by atoms with Gasteiger partial charge in [-0.1, -0.05) is 13.8 Å². The van der Waals surface area contributed by atoms with Crippen LogP contribution in [-0.4, -0.2) is 15.6 Å². The topological polar surface area (TPSA) is 34.9 Å². The van der Waals surface area contributed by atoms with Gasteiger partial charge in [-0.25, -0.2) is 0 Å². The molecule has 0 spiro atoms. The van der Waals surface area contributed by atoms with Gasteiger partial charge in [0.15, 0.2) is 5.78 Å². The molecule has 1 aliphatic rings. The highest BCUT2D eigenvalue weighted by Gasteiger charge is 2.25. The normalized spacial score (nSPS) is 15.6. The Morgan fingerprint density at radius 2 is 2.18 bits per heavy atom. The molecule has 0 aliphatic heterocycles. The SMILES string of the molecule is Cc1c(C(C)C)c(I)nn1CC(=O)CC1CC1. The van der Waals surface area contributed by atoms with Crippen molar-refractivity contribution in [3.05, 3.63) is 15.0 Å². The molecule has 0 amide bonds. The second-order valence-electron chi connectivity index (χ2n) is 5.29. The molecule has 2 rings (SSSR count). The number of carbonyl (C=O) groups excluding carboxylic acids is 1. The third kappa shape index (κ3) is 3.09. The van der Waals surface area contributed by atoms with E-state index in [0.717, 1.165) is 15.8 Å². The van der Waals surface area contributed by atoms with Crippen LogP contribution in [0, 0.1) is 16.5 Å². The smallest absolute Gasteiger partial charge is 0.154 e. The first-order chi connectivity index (χ1) is 7.99. The highest BCUT2D eigenvalue weighted by atomic mass is 127. The molecule has 3 nitrogen and oxygen atoms in total. The Balaban J connectivity index is 2.09. The average Bonchev–Trinajstić information content (AvgIpc) is 2.95. The summed E-state index contributed by atoms with van der Waals surface area (Å²) < 4.78 is 2.91. The van der Waals surface area contributed by atoms with Crippen LogP contribution in [0.15, 0.2) is 0 Å². The summed E-state index contributed by atoms with van der Waals surface area (Å²) in [6.07, 6.45) is 3.21. The van der Waals surface area contributed by atoms with E-state index >= 15 is 0 Å². The molecule has 0 saturated heterocycles. The summed E-state index contributed by atoms with van der Waals surface area (Å²) in [7, 11) is 0. The Morgan fingerprint density at radius 1 is 1.53 bits per heavy atom. The van der Waals surface area contributed by atoms with Crippen molar-refractivity contribution in [3.8, 4) is 0 Å². The molecule has 0 unspecified atom stereocenters. The molecule has 1 heterocycles. The molecule has 0 aromatic carbocycles. The van der Waals surface area contributed by atoms with Gasteiger partial charge in [0.2, 0.25) is 0 Å². The van der Waals surface area contributed by atoms with Crippen LogP contribution < -0.4 is 0 Å². The van der Waals surface area contributed by atoms with E-state index in [-0.39, 0.29) is 0 Å². The monoisotopic (exact) mass is 346 g/mol. The average molecular weight is 346 g/mol. The molecule has 0 radical (unpaired) electrons. The van der Waals surface area contributed by atoms with Crippen LogP contribution in [-0.2, 0) is 11.3 Å². The first-order valence-corrected chi connectivity index (χ1v) is 7.31. The van der Waals surface area contributed by atoms with Gasteiger partial charge in [-0.15, -0.1) is 0 Å². The van der Waals surface area contributed by atoms with Crippen molar-refractivity contribution in [2.75, 3.05) is 0 Å². The van der Waals surface area contributed by atoms with E-state index in [9.17, 15) is 4.79 Å². The zero-order chi connectivity index (χ0) is 12.6. The summed E-state index contributed by atoms with van der Waals surface area (Å²) in [5, 5.41) is 4.48. The number of Topliss-reactive ketones (excluding diaryl/α,β-unsaturated/α-hetero) is 1. The Labute approximate surface area is 116 Å².